The Bertz CT molecular complexity index is 1670. The lowest BCUT2D eigenvalue weighted by atomic mass is 10.0. The third kappa shape index (κ3) is 11.6. The zero-order valence-electron chi connectivity index (χ0n) is 28.1. The monoisotopic (exact) mass is 688 g/mol. The number of nitrogens with two attached hydrogens (primary N) is 3. The molecule has 5 amide bonds. The normalized spacial score (nSPS) is 20.5. The summed E-state index contributed by atoms with van der Waals surface area (Å²) in [4.78, 5) is 73.3. The van der Waals surface area contributed by atoms with E-state index in [9.17, 15) is 24.0 Å². The third-order valence-corrected chi connectivity index (χ3v) is 8.41. The number of unbranched alkanes of at least 4 members (excludes halogenated alkanes) is 1. The average Bonchev–Trinajstić information content (AvgIpc) is 3.50. The largest absolute Gasteiger partial charge is 0.370 e. The van der Waals surface area contributed by atoms with Crippen molar-refractivity contribution in [2.75, 3.05) is 19.6 Å². The summed E-state index contributed by atoms with van der Waals surface area (Å²) in [6, 6.07) is 12.1. The number of nitrogens with one attached hydrogen (secondary N) is 6. The number of hydrogen-bond acceptors (Lipinski definition) is 7. The summed E-state index contributed by atoms with van der Waals surface area (Å²) in [5.74, 6) is -2.42. The first-order chi connectivity index (χ1) is 24.1. The number of fused-ring (bicyclic) bond motifs is 3. The number of carbonyl (C=O) groups excluding carboxylic acids is 5. The molecule has 2 heterocycles. The summed E-state index contributed by atoms with van der Waals surface area (Å²) in [7, 11) is 0. The molecule has 50 heavy (non-hydrogen) atoms. The van der Waals surface area contributed by atoms with Gasteiger partial charge in [0.15, 0.2) is 5.96 Å². The van der Waals surface area contributed by atoms with Crippen LogP contribution in [0.15, 0.2) is 59.7 Å². The standard InChI is InChI=1S/C35H48N10O5/c36-14-5-3-12-27-32(48)39-15-6-4-13-28(45-35(37)38)33(49)42-21-31(47)41-19-23-9-7-8-22(16-23)17-30(46)43-29(34(50)44-27)18-24-20-40-26-11-2-1-10-25(24)26/h1-2,7-11,16,20,27-29,40H,3-6,12-15,17-19,21,36H2,(H,39,48)(H,41,47)(H,42,49)(H,43,46)(H,44,50)(H4,37,38,45)/t27-,28+,29-/m0/s1. The van der Waals surface area contributed by atoms with Gasteiger partial charge in [-0.3, -0.25) is 24.0 Å². The Morgan fingerprint density at radius 2 is 1.58 bits per heavy atom. The number of para-hydroxylation sites is 1. The van der Waals surface area contributed by atoms with E-state index in [2.05, 4.69) is 36.6 Å². The molecular weight excluding hydrogens is 640 g/mol. The predicted octanol–water partition coefficient (Wildman–Crippen LogP) is -0.274. The number of guanidine groups is 1. The first-order valence-corrected chi connectivity index (χ1v) is 17.0. The summed E-state index contributed by atoms with van der Waals surface area (Å²) >= 11 is 0. The van der Waals surface area contributed by atoms with Crippen LogP contribution in [0.1, 0.15) is 55.2 Å². The molecule has 15 nitrogen and oxygen atoms in total. The summed E-state index contributed by atoms with van der Waals surface area (Å²) in [5, 5.41) is 14.9. The molecule has 0 spiro atoms. The molecule has 0 saturated heterocycles. The minimum Gasteiger partial charge on any atom is -0.370 e. The molecule has 4 rings (SSSR count). The Kier molecular flexibility index (Phi) is 14.2. The van der Waals surface area contributed by atoms with Gasteiger partial charge in [-0.15, -0.1) is 0 Å². The number of aromatic nitrogens is 1. The minimum atomic E-state index is -0.979. The van der Waals surface area contributed by atoms with Gasteiger partial charge in [0.05, 0.1) is 13.0 Å². The smallest absolute Gasteiger partial charge is 0.245 e. The van der Waals surface area contributed by atoms with Gasteiger partial charge in [0.1, 0.15) is 18.1 Å². The highest BCUT2D eigenvalue weighted by atomic mass is 16.2. The van der Waals surface area contributed by atoms with E-state index in [0.717, 1.165) is 22.0 Å². The number of carbonyl (C=O) groups is 5. The van der Waals surface area contributed by atoms with Crippen LogP contribution >= 0.6 is 0 Å². The van der Waals surface area contributed by atoms with Gasteiger partial charge in [0.25, 0.3) is 0 Å². The molecule has 1 aliphatic heterocycles. The molecule has 15 heteroatoms. The average molecular weight is 689 g/mol. The molecular formula is C35H48N10O5. The number of aliphatic imine (C=N–C) groups is 1. The highest BCUT2D eigenvalue weighted by Crippen LogP contribution is 2.20. The summed E-state index contributed by atoms with van der Waals surface area (Å²) in [6.45, 7) is 0.601. The second-order valence-corrected chi connectivity index (χ2v) is 12.4. The third-order valence-electron chi connectivity index (χ3n) is 8.41. The van der Waals surface area contributed by atoms with Gasteiger partial charge in [-0.25, -0.2) is 4.99 Å². The van der Waals surface area contributed by atoms with Crippen LogP contribution < -0.4 is 43.8 Å². The van der Waals surface area contributed by atoms with Gasteiger partial charge >= 0.3 is 0 Å². The fraction of sp³-hybridized carbons (Fsp3) is 0.429. The summed E-state index contributed by atoms with van der Waals surface area (Å²) in [5.41, 5.74) is 20.0. The quantitative estimate of drug-likeness (QED) is 0.0905. The maximum atomic E-state index is 13.9. The summed E-state index contributed by atoms with van der Waals surface area (Å²) < 4.78 is 0. The first-order valence-electron chi connectivity index (χ1n) is 17.0. The fourth-order valence-electron chi connectivity index (χ4n) is 5.82. The molecule has 0 radical (unpaired) electrons. The summed E-state index contributed by atoms with van der Waals surface area (Å²) in [6.07, 6.45) is 4.88. The van der Waals surface area contributed by atoms with Gasteiger partial charge in [-0.1, -0.05) is 42.5 Å². The Morgan fingerprint density at radius 3 is 2.38 bits per heavy atom. The Balaban J connectivity index is 1.58. The molecule has 0 saturated carbocycles. The van der Waals surface area contributed by atoms with Crippen LogP contribution in [0.3, 0.4) is 0 Å². The maximum Gasteiger partial charge on any atom is 0.245 e. The molecule has 0 aliphatic carbocycles. The van der Waals surface area contributed by atoms with E-state index in [1.54, 1.807) is 24.3 Å². The molecule has 2 aromatic carbocycles. The Morgan fingerprint density at radius 1 is 0.780 bits per heavy atom. The SMILES string of the molecule is NCCCC[C@@H]1NC(=O)[C@H](Cc2c[nH]c3ccccc23)NC(=O)Cc2cccc(c2)CNC(=O)CNC(=O)[C@H](N=C(N)N)CCCCNC1=O. The number of benzene rings is 2. The Labute approximate surface area is 291 Å². The fourth-order valence-corrected chi connectivity index (χ4v) is 5.82. The Hall–Kier alpha value is -5.44. The molecule has 0 fully saturated rings. The second-order valence-electron chi connectivity index (χ2n) is 12.4. The van der Waals surface area contributed by atoms with Crippen molar-refractivity contribution in [2.24, 2.45) is 22.2 Å². The van der Waals surface area contributed by atoms with Gasteiger partial charge in [-0.2, -0.15) is 0 Å². The highest BCUT2D eigenvalue weighted by Gasteiger charge is 2.28. The van der Waals surface area contributed by atoms with E-state index in [0.29, 0.717) is 44.2 Å². The van der Waals surface area contributed by atoms with Crippen molar-refractivity contribution in [3.8, 4) is 0 Å². The van der Waals surface area contributed by atoms with Crippen LogP contribution in [0, 0.1) is 0 Å². The molecule has 3 aromatic rings. The van der Waals surface area contributed by atoms with Crippen molar-refractivity contribution in [2.45, 2.75) is 76.0 Å². The maximum absolute atomic E-state index is 13.9. The number of amides is 5. The van der Waals surface area contributed by atoms with Crippen molar-refractivity contribution < 1.29 is 24.0 Å². The van der Waals surface area contributed by atoms with E-state index in [-0.39, 0.29) is 56.7 Å². The molecule has 12 N–H and O–H groups in total. The van der Waals surface area contributed by atoms with E-state index >= 15 is 0 Å². The van der Waals surface area contributed by atoms with Crippen LogP contribution in [0.2, 0.25) is 0 Å². The topological polar surface area (TPSA) is 252 Å². The van der Waals surface area contributed by atoms with E-state index in [4.69, 9.17) is 17.2 Å². The molecule has 1 aromatic heterocycles. The number of rotatable bonds is 7. The minimum absolute atomic E-state index is 0.0257. The van der Waals surface area contributed by atoms with Crippen molar-refractivity contribution in [1.82, 2.24) is 31.6 Å². The lowest BCUT2D eigenvalue weighted by molar-refractivity contribution is -0.132. The van der Waals surface area contributed by atoms with Crippen molar-refractivity contribution in [3.05, 3.63) is 71.4 Å². The predicted molar refractivity (Wildman–Crippen MR) is 190 cm³/mol. The molecule has 268 valence electrons. The van der Waals surface area contributed by atoms with E-state index in [1.807, 2.05) is 30.5 Å². The van der Waals surface area contributed by atoms with Crippen LogP contribution in [0.5, 0.6) is 0 Å². The van der Waals surface area contributed by atoms with E-state index < -0.39 is 35.8 Å². The highest BCUT2D eigenvalue weighted by molar-refractivity contribution is 5.93. The van der Waals surface area contributed by atoms with Crippen molar-refractivity contribution in [1.29, 1.82) is 0 Å². The van der Waals surface area contributed by atoms with Gasteiger partial charge in [0.2, 0.25) is 29.5 Å². The van der Waals surface area contributed by atoms with Crippen LogP contribution in [-0.2, 0) is 43.4 Å². The van der Waals surface area contributed by atoms with Crippen LogP contribution in [-0.4, -0.2) is 78.2 Å². The first kappa shape index (κ1) is 37.4. The number of nitrogens with zero attached hydrogens (tertiary/aromatic N) is 1. The zero-order chi connectivity index (χ0) is 35.9. The lowest BCUT2D eigenvalue weighted by Gasteiger charge is -2.23. The van der Waals surface area contributed by atoms with Crippen LogP contribution in [0.4, 0.5) is 0 Å². The van der Waals surface area contributed by atoms with Gasteiger partial charge in [-0.05, 0) is 67.8 Å². The molecule has 3 atom stereocenters. The van der Waals surface area contributed by atoms with Crippen LogP contribution in [0.25, 0.3) is 10.9 Å². The molecule has 0 unspecified atom stereocenters. The number of H-pyrrole nitrogens is 1. The molecule has 2 bridgehead atoms. The second kappa shape index (κ2) is 18.9. The molecule has 1 aliphatic rings. The zero-order valence-corrected chi connectivity index (χ0v) is 28.1. The van der Waals surface area contributed by atoms with Crippen molar-refractivity contribution >= 4 is 46.4 Å². The number of aromatic amines is 1. The van der Waals surface area contributed by atoms with Gasteiger partial charge in [0, 0.05) is 36.6 Å². The van der Waals surface area contributed by atoms with E-state index in [1.165, 1.54) is 0 Å². The van der Waals surface area contributed by atoms with Crippen molar-refractivity contribution in [3.63, 3.8) is 0 Å². The lowest BCUT2D eigenvalue weighted by Crippen LogP contribution is -2.54. The number of hydrogen-bond donors (Lipinski definition) is 9. The van der Waals surface area contributed by atoms with Gasteiger partial charge < -0.3 is 48.8 Å².